The summed E-state index contributed by atoms with van der Waals surface area (Å²) >= 11 is 0. The number of ether oxygens (including phenoxy) is 1. The normalized spacial score (nSPS) is 16.5. The third-order valence-corrected chi connectivity index (χ3v) is 5.07. The number of hydrogen-bond acceptors (Lipinski definition) is 5. The molecular weight excluding hydrogens is 344 g/mol. The zero-order chi connectivity index (χ0) is 19.0. The maximum atomic E-state index is 12.6. The average Bonchev–Trinajstić information content (AvgIpc) is 3.25. The summed E-state index contributed by atoms with van der Waals surface area (Å²) in [5.74, 6) is 3.05. The van der Waals surface area contributed by atoms with Crippen LogP contribution in [0.15, 0.2) is 28.9 Å². The maximum Gasteiger partial charge on any atom is 0.224 e. The van der Waals surface area contributed by atoms with Gasteiger partial charge in [-0.15, -0.1) is 10.2 Å². The summed E-state index contributed by atoms with van der Waals surface area (Å²) in [7, 11) is 1.62. The van der Waals surface area contributed by atoms with Crippen molar-refractivity contribution in [3.05, 3.63) is 41.7 Å². The molecule has 0 spiro atoms. The van der Waals surface area contributed by atoms with Crippen LogP contribution in [0.2, 0.25) is 0 Å². The molecule has 1 amide bonds. The highest BCUT2D eigenvalue weighted by atomic mass is 16.5. The number of furan rings is 1. The van der Waals surface area contributed by atoms with Gasteiger partial charge >= 0.3 is 0 Å². The molecule has 1 aliphatic rings. The van der Waals surface area contributed by atoms with E-state index in [4.69, 9.17) is 9.15 Å². The fraction of sp³-hybridized carbons (Fsp3) is 0.450. The Kier molecular flexibility index (Phi) is 4.59. The molecule has 3 aromatic rings. The SMILES string of the molecule is COc1ccc2c(CC(=O)NC3CCc4nnc(C(C)C)n4C3)coc2c1. The van der Waals surface area contributed by atoms with Crippen molar-refractivity contribution in [3.63, 3.8) is 0 Å². The molecule has 142 valence electrons. The number of benzene rings is 1. The number of carbonyl (C=O) groups is 1. The zero-order valence-electron chi connectivity index (χ0n) is 15.9. The highest BCUT2D eigenvalue weighted by Crippen LogP contribution is 2.26. The van der Waals surface area contributed by atoms with E-state index >= 15 is 0 Å². The van der Waals surface area contributed by atoms with E-state index in [2.05, 4.69) is 33.9 Å². The molecule has 0 saturated carbocycles. The molecule has 2 aromatic heterocycles. The van der Waals surface area contributed by atoms with E-state index in [1.807, 2.05) is 18.2 Å². The van der Waals surface area contributed by atoms with Crippen LogP contribution in [0.25, 0.3) is 11.0 Å². The molecule has 3 heterocycles. The van der Waals surface area contributed by atoms with Gasteiger partial charge in [-0.1, -0.05) is 13.8 Å². The summed E-state index contributed by atoms with van der Waals surface area (Å²) < 4.78 is 12.9. The molecule has 0 saturated heterocycles. The number of aryl methyl sites for hydroxylation is 1. The van der Waals surface area contributed by atoms with E-state index in [1.54, 1.807) is 13.4 Å². The van der Waals surface area contributed by atoms with Crippen LogP contribution in [0, 0.1) is 0 Å². The van der Waals surface area contributed by atoms with Gasteiger partial charge in [-0.3, -0.25) is 4.79 Å². The Balaban J connectivity index is 1.43. The summed E-state index contributed by atoms with van der Waals surface area (Å²) in [6, 6.07) is 5.73. The van der Waals surface area contributed by atoms with Crippen molar-refractivity contribution >= 4 is 16.9 Å². The van der Waals surface area contributed by atoms with Crippen molar-refractivity contribution in [2.45, 2.75) is 51.6 Å². The molecule has 1 atom stereocenters. The fourth-order valence-electron chi connectivity index (χ4n) is 3.67. The molecule has 1 aliphatic heterocycles. The zero-order valence-corrected chi connectivity index (χ0v) is 15.9. The Morgan fingerprint density at radius 2 is 2.26 bits per heavy atom. The minimum Gasteiger partial charge on any atom is -0.497 e. The average molecular weight is 368 g/mol. The first-order valence-corrected chi connectivity index (χ1v) is 9.30. The number of fused-ring (bicyclic) bond motifs is 2. The molecule has 0 radical (unpaired) electrons. The van der Waals surface area contributed by atoms with Gasteiger partial charge in [0.15, 0.2) is 0 Å². The number of methoxy groups -OCH3 is 1. The summed E-state index contributed by atoms with van der Waals surface area (Å²) in [5, 5.41) is 12.7. The van der Waals surface area contributed by atoms with Crippen LogP contribution in [0.4, 0.5) is 0 Å². The number of nitrogens with zero attached hydrogens (tertiary/aromatic N) is 3. The van der Waals surface area contributed by atoms with E-state index in [1.165, 1.54) is 0 Å². The smallest absolute Gasteiger partial charge is 0.224 e. The van der Waals surface area contributed by atoms with Gasteiger partial charge in [-0.25, -0.2) is 0 Å². The van der Waals surface area contributed by atoms with Crippen LogP contribution in [0.3, 0.4) is 0 Å². The Morgan fingerprint density at radius 1 is 1.41 bits per heavy atom. The van der Waals surface area contributed by atoms with E-state index in [9.17, 15) is 4.79 Å². The largest absolute Gasteiger partial charge is 0.497 e. The highest BCUT2D eigenvalue weighted by molar-refractivity contribution is 5.88. The number of nitrogens with one attached hydrogen (secondary N) is 1. The highest BCUT2D eigenvalue weighted by Gasteiger charge is 2.25. The number of carbonyl (C=O) groups excluding carboxylic acids is 1. The standard InChI is InChI=1S/C20H24N4O3/c1-12(2)20-23-22-18-7-4-14(10-24(18)20)21-19(25)8-13-11-27-17-9-15(26-3)5-6-16(13)17/h5-6,9,11-12,14H,4,7-8,10H2,1-3H3,(H,21,25). The Labute approximate surface area is 157 Å². The topological polar surface area (TPSA) is 82.2 Å². The maximum absolute atomic E-state index is 12.6. The molecular formula is C20H24N4O3. The summed E-state index contributed by atoms with van der Waals surface area (Å²) in [6.45, 7) is 4.95. The second kappa shape index (κ2) is 7.06. The second-order valence-electron chi connectivity index (χ2n) is 7.34. The Bertz CT molecular complexity index is 973. The number of amides is 1. The molecule has 27 heavy (non-hydrogen) atoms. The first kappa shape index (κ1) is 17.6. The molecule has 4 rings (SSSR count). The lowest BCUT2D eigenvalue weighted by molar-refractivity contribution is -0.121. The monoisotopic (exact) mass is 368 g/mol. The molecule has 7 nitrogen and oxygen atoms in total. The van der Waals surface area contributed by atoms with E-state index in [-0.39, 0.29) is 11.9 Å². The van der Waals surface area contributed by atoms with Crippen molar-refractivity contribution in [2.75, 3.05) is 7.11 Å². The summed E-state index contributed by atoms with van der Waals surface area (Å²) in [5.41, 5.74) is 1.61. The van der Waals surface area contributed by atoms with Crippen LogP contribution in [-0.2, 0) is 24.2 Å². The van der Waals surface area contributed by atoms with Gasteiger partial charge in [-0.05, 0) is 18.6 Å². The molecule has 1 unspecified atom stereocenters. The first-order valence-electron chi connectivity index (χ1n) is 9.30. The van der Waals surface area contributed by atoms with Crippen LogP contribution in [0.1, 0.15) is 43.4 Å². The lowest BCUT2D eigenvalue weighted by Crippen LogP contribution is -2.42. The molecule has 7 heteroatoms. The molecule has 0 bridgehead atoms. The summed E-state index contributed by atoms with van der Waals surface area (Å²) in [6.07, 6.45) is 3.66. The fourth-order valence-corrected chi connectivity index (χ4v) is 3.67. The van der Waals surface area contributed by atoms with Crippen LogP contribution in [0.5, 0.6) is 5.75 Å². The van der Waals surface area contributed by atoms with Crippen molar-refractivity contribution in [2.24, 2.45) is 0 Å². The quantitative estimate of drug-likeness (QED) is 0.749. The molecule has 1 aromatic carbocycles. The van der Waals surface area contributed by atoms with Crippen molar-refractivity contribution in [1.82, 2.24) is 20.1 Å². The lowest BCUT2D eigenvalue weighted by Gasteiger charge is -2.25. The number of rotatable bonds is 5. The lowest BCUT2D eigenvalue weighted by atomic mass is 10.0. The predicted molar refractivity (Wildman–Crippen MR) is 101 cm³/mol. The van der Waals surface area contributed by atoms with Crippen molar-refractivity contribution in [3.8, 4) is 5.75 Å². The van der Waals surface area contributed by atoms with Crippen LogP contribution in [-0.4, -0.2) is 33.8 Å². The Morgan fingerprint density at radius 3 is 3.04 bits per heavy atom. The van der Waals surface area contributed by atoms with Crippen LogP contribution >= 0.6 is 0 Å². The van der Waals surface area contributed by atoms with Crippen LogP contribution < -0.4 is 10.1 Å². The van der Waals surface area contributed by atoms with Gasteiger partial charge in [0.05, 0.1) is 19.8 Å². The van der Waals surface area contributed by atoms with Gasteiger partial charge in [0.1, 0.15) is 23.0 Å². The van der Waals surface area contributed by atoms with Gasteiger partial charge < -0.3 is 19.0 Å². The van der Waals surface area contributed by atoms with Gasteiger partial charge in [0.25, 0.3) is 0 Å². The summed E-state index contributed by atoms with van der Waals surface area (Å²) in [4.78, 5) is 12.6. The number of hydrogen-bond donors (Lipinski definition) is 1. The van der Waals surface area contributed by atoms with Crippen molar-refractivity contribution in [1.29, 1.82) is 0 Å². The molecule has 0 fully saturated rings. The van der Waals surface area contributed by atoms with Gasteiger partial charge in [0, 0.05) is 41.9 Å². The predicted octanol–water partition coefficient (Wildman–Crippen LogP) is 2.83. The first-order chi connectivity index (χ1) is 13.0. The second-order valence-corrected chi connectivity index (χ2v) is 7.34. The third-order valence-electron chi connectivity index (χ3n) is 5.07. The van der Waals surface area contributed by atoms with Gasteiger partial charge in [0.2, 0.25) is 5.91 Å². The minimum absolute atomic E-state index is 0.00106. The van der Waals surface area contributed by atoms with Gasteiger partial charge in [-0.2, -0.15) is 0 Å². The Hall–Kier alpha value is -2.83. The third kappa shape index (κ3) is 3.41. The number of aromatic nitrogens is 3. The van der Waals surface area contributed by atoms with E-state index in [0.29, 0.717) is 12.3 Å². The van der Waals surface area contributed by atoms with E-state index < -0.39 is 0 Å². The van der Waals surface area contributed by atoms with Crippen molar-refractivity contribution < 1.29 is 13.9 Å². The minimum atomic E-state index is 0.00106. The molecule has 0 aliphatic carbocycles. The van der Waals surface area contributed by atoms with E-state index in [0.717, 1.165) is 53.3 Å². The molecule has 1 N–H and O–H groups in total.